The molecule has 0 saturated carbocycles. The van der Waals surface area contributed by atoms with Crippen LogP contribution >= 0.6 is 11.6 Å². The number of halogens is 1. The molecule has 1 aliphatic heterocycles. The fourth-order valence-corrected chi connectivity index (χ4v) is 5.68. The number of aryl methyl sites for hydroxylation is 1. The number of fused-ring (bicyclic) bond motifs is 3. The third-order valence-electron chi connectivity index (χ3n) is 5.99. The van der Waals surface area contributed by atoms with Gasteiger partial charge in [0, 0.05) is 22.4 Å². The molecule has 0 aromatic heterocycles. The summed E-state index contributed by atoms with van der Waals surface area (Å²) < 4.78 is 14.6. The van der Waals surface area contributed by atoms with E-state index in [9.17, 15) is 14.1 Å². The van der Waals surface area contributed by atoms with Crippen LogP contribution in [0.25, 0.3) is 22.3 Å². The molecule has 1 unspecified atom stereocenters. The van der Waals surface area contributed by atoms with Crippen molar-refractivity contribution in [3.05, 3.63) is 75.3 Å². The second-order valence-electron chi connectivity index (χ2n) is 10.2. The smallest absolute Gasteiger partial charge is 0.307 e. The van der Waals surface area contributed by atoms with E-state index in [0.29, 0.717) is 11.6 Å². The van der Waals surface area contributed by atoms with Crippen LogP contribution in [0.3, 0.4) is 0 Å². The first-order valence-corrected chi connectivity index (χ1v) is 13.7. The average Bonchev–Trinajstić information content (AvgIpc) is 2.76. The van der Waals surface area contributed by atoms with Crippen molar-refractivity contribution in [2.75, 3.05) is 10.6 Å². The van der Waals surface area contributed by atoms with E-state index in [1.807, 2.05) is 67.5 Å². The highest BCUT2D eigenvalue weighted by Crippen LogP contribution is 2.50. The largest absolute Gasteiger partial charge is 0.481 e. The second kappa shape index (κ2) is 10.8. The number of carbonyl (C=O) groups is 1. The van der Waals surface area contributed by atoms with Gasteiger partial charge in [0.25, 0.3) is 0 Å². The molecule has 3 aromatic carbocycles. The summed E-state index contributed by atoms with van der Waals surface area (Å²) in [6.07, 6.45) is 1.54. The highest BCUT2D eigenvalue weighted by molar-refractivity contribution is 7.85. The van der Waals surface area contributed by atoms with Crippen LogP contribution in [-0.4, -0.2) is 32.2 Å². The van der Waals surface area contributed by atoms with Crippen molar-refractivity contribution in [3.63, 3.8) is 0 Å². The maximum atomic E-state index is 12.7. The van der Waals surface area contributed by atoms with E-state index in [4.69, 9.17) is 16.7 Å². The molecule has 2 N–H and O–H groups in total. The summed E-state index contributed by atoms with van der Waals surface area (Å²) in [5.41, 5.74) is 8.74. The molecule has 0 bridgehead atoms. The number of carboxylic acid groups (broad SMARTS) is 1. The van der Waals surface area contributed by atoms with Gasteiger partial charge in [-0.3, -0.25) is 9.10 Å². The Morgan fingerprint density at radius 2 is 1.58 bits per heavy atom. The van der Waals surface area contributed by atoms with Gasteiger partial charge in [0.15, 0.2) is 0 Å². The van der Waals surface area contributed by atoms with Crippen LogP contribution in [0.1, 0.15) is 48.6 Å². The summed E-state index contributed by atoms with van der Waals surface area (Å²) >= 11 is 6.68. The van der Waals surface area contributed by atoms with E-state index in [1.54, 1.807) is 27.0 Å². The number of nitrogens with zero attached hydrogens (tertiary/aromatic N) is 1. The lowest BCUT2D eigenvalue weighted by Gasteiger charge is -2.36. The molecule has 0 aliphatic carbocycles. The van der Waals surface area contributed by atoms with Crippen LogP contribution in [0.5, 0.6) is 0 Å². The second-order valence-corrected chi connectivity index (χ2v) is 11.9. The first-order valence-electron chi connectivity index (χ1n) is 11.8. The Kier molecular flexibility index (Phi) is 8.33. The van der Waals surface area contributed by atoms with Crippen LogP contribution in [0.4, 0.5) is 5.69 Å². The van der Waals surface area contributed by atoms with E-state index < -0.39 is 22.6 Å². The lowest BCUT2D eigenvalue weighted by atomic mass is 9.81. The zero-order valence-electron chi connectivity index (χ0n) is 21.9. The maximum absolute atomic E-state index is 12.7. The van der Waals surface area contributed by atoms with E-state index in [-0.39, 0.29) is 6.42 Å². The lowest BCUT2D eigenvalue weighted by Crippen LogP contribution is -2.30. The number of rotatable bonds is 4. The molecule has 1 atom stereocenters. The molecule has 7 heteroatoms. The van der Waals surface area contributed by atoms with Crippen molar-refractivity contribution < 1.29 is 19.2 Å². The van der Waals surface area contributed by atoms with Crippen LogP contribution in [0.15, 0.2) is 42.5 Å². The summed E-state index contributed by atoms with van der Waals surface area (Å²) in [5, 5.41) is 18.8. The Bertz CT molecular complexity index is 1320. The molecule has 4 rings (SSSR count). The number of benzene rings is 3. The first kappa shape index (κ1) is 27.9. The monoisotopic (exact) mass is 527 g/mol. The molecule has 3 aromatic rings. The number of carboxylic acids is 1. The normalized spacial score (nSPS) is 13.3. The minimum atomic E-state index is -1.28. The van der Waals surface area contributed by atoms with Crippen molar-refractivity contribution >= 4 is 34.2 Å². The fraction of sp³-hybridized carbons (Fsp3) is 0.345. The number of aliphatic carboxylic acids is 1. The van der Waals surface area contributed by atoms with E-state index >= 15 is 0 Å². The molecule has 1 heterocycles. The molecule has 1 aliphatic rings. The Labute approximate surface area is 221 Å². The van der Waals surface area contributed by atoms with Gasteiger partial charge in [0.05, 0.1) is 24.3 Å². The molecule has 0 saturated heterocycles. The third kappa shape index (κ3) is 6.00. The van der Waals surface area contributed by atoms with E-state index in [2.05, 4.69) is 0 Å². The topological polar surface area (TPSA) is 77.8 Å². The highest BCUT2D eigenvalue weighted by Gasteiger charge is 2.32. The van der Waals surface area contributed by atoms with Crippen molar-refractivity contribution in [2.24, 2.45) is 0 Å². The van der Waals surface area contributed by atoms with Gasteiger partial charge in [-0.05, 0) is 81.0 Å². The molecule has 0 amide bonds. The molecule has 0 fully saturated rings. The standard InChI is InChI=1S/C25H24ClNO3S.C4H10O/c1-14-8-10-17(11-9-14)22-16(3)23-24-18(6-5-7-20(24)26)13-27(31(4)30)25(23)15(2)19(22)12-21(28)29;1-4(2,3)5/h5-11H,12-13H2,1-4H3,(H,28,29);5H,1-3H3. The van der Waals surface area contributed by atoms with Gasteiger partial charge in [-0.2, -0.15) is 0 Å². The van der Waals surface area contributed by atoms with E-state index in [1.165, 1.54) is 0 Å². The summed E-state index contributed by atoms with van der Waals surface area (Å²) in [6, 6.07) is 13.9. The van der Waals surface area contributed by atoms with Gasteiger partial charge in [0.1, 0.15) is 11.0 Å². The molecule has 0 spiro atoms. The van der Waals surface area contributed by atoms with Crippen molar-refractivity contribution in [2.45, 2.75) is 60.1 Å². The number of aliphatic hydroxyl groups is 1. The zero-order chi connectivity index (χ0) is 26.9. The van der Waals surface area contributed by atoms with Gasteiger partial charge in [-0.1, -0.05) is 53.6 Å². The quantitative estimate of drug-likeness (QED) is 0.400. The molecular formula is C29H34ClNO4S. The van der Waals surface area contributed by atoms with E-state index in [0.717, 1.165) is 55.8 Å². The highest BCUT2D eigenvalue weighted by atomic mass is 35.5. The number of hydrogen-bond acceptors (Lipinski definition) is 3. The number of anilines is 1. The fourth-order valence-electron chi connectivity index (χ4n) is 4.58. The third-order valence-corrected chi connectivity index (χ3v) is 7.24. The van der Waals surface area contributed by atoms with Crippen LogP contribution in [0, 0.1) is 20.8 Å². The lowest BCUT2D eigenvalue weighted by molar-refractivity contribution is -0.136. The van der Waals surface area contributed by atoms with Gasteiger partial charge in [0.2, 0.25) is 0 Å². The SMILES string of the molecule is CC(C)(C)O.Cc1ccc(-c2c(C)c3c(c(C)c2CC(=O)O)N(S(C)=O)Cc2cccc(Cl)c2-3)cc1. The predicted octanol–water partition coefficient (Wildman–Crippen LogP) is 6.62. The Morgan fingerprint density at radius 3 is 2.11 bits per heavy atom. The van der Waals surface area contributed by atoms with Crippen molar-refractivity contribution in [1.82, 2.24) is 0 Å². The molecule has 0 radical (unpaired) electrons. The molecular weight excluding hydrogens is 494 g/mol. The summed E-state index contributed by atoms with van der Waals surface area (Å²) in [5.74, 6) is -0.894. The number of hydrogen-bond donors (Lipinski definition) is 2. The zero-order valence-corrected chi connectivity index (χ0v) is 23.5. The Morgan fingerprint density at radius 1 is 1.00 bits per heavy atom. The minimum absolute atomic E-state index is 0.108. The van der Waals surface area contributed by atoms with Gasteiger partial charge in [-0.15, -0.1) is 0 Å². The molecule has 36 heavy (non-hydrogen) atoms. The predicted molar refractivity (Wildman–Crippen MR) is 150 cm³/mol. The van der Waals surface area contributed by atoms with Crippen molar-refractivity contribution in [3.8, 4) is 22.3 Å². The van der Waals surface area contributed by atoms with Crippen LogP contribution in [0.2, 0.25) is 5.02 Å². The maximum Gasteiger partial charge on any atom is 0.307 e. The Balaban J connectivity index is 0.000000658. The van der Waals surface area contributed by atoms with Crippen LogP contribution < -0.4 is 4.31 Å². The van der Waals surface area contributed by atoms with Crippen molar-refractivity contribution in [1.29, 1.82) is 0 Å². The summed E-state index contributed by atoms with van der Waals surface area (Å²) in [4.78, 5) is 11.8. The van der Waals surface area contributed by atoms with Gasteiger partial charge in [-0.25, -0.2) is 4.21 Å². The Hall–Kier alpha value is -2.67. The molecule has 5 nitrogen and oxygen atoms in total. The van der Waals surface area contributed by atoms with Gasteiger partial charge < -0.3 is 10.2 Å². The minimum Gasteiger partial charge on any atom is -0.481 e. The summed E-state index contributed by atoms with van der Waals surface area (Å²) in [6.45, 7) is 11.6. The summed E-state index contributed by atoms with van der Waals surface area (Å²) in [7, 11) is -1.28. The molecule has 192 valence electrons. The van der Waals surface area contributed by atoms with Crippen LogP contribution in [-0.2, 0) is 28.7 Å². The average molecular weight is 528 g/mol. The first-order chi connectivity index (χ1) is 16.7. The van der Waals surface area contributed by atoms with Gasteiger partial charge >= 0.3 is 5.97 Å².